The Morgan fingerprint density at radius 3 is 2.56 bits per heavy atom. The zero-order valence-electron chi connectivity index (χ0n) is 20.9. The zero-order chi connectivity index (χ0) is 24.7. The second-order valence-corrected chi connectivity index (χ2v) is 10.3. The van der Waals surface area contributed by atoms with Gasteiger partial charge in [0.05, 0.1) is 12.7 Å². The third-order valence-corrected chi connectivity index (χ3v) is 7.15. The fourth-order valence-corrected chi connectivity index (χ4v) is 5.43. The van der Waals surface area contributed by atoms with E-state index in [2.05, 4.69) is 5.32 Å². The second kappa shape index (κ2) is 12.3. The highest BCUT2D eigenvalue weighted by Crippen LogP contribution is 2.30. The minimum Gasteiger partial charge on any atom is -0.372 e. The highest BCUT2D eigenvalue weighted by molar-refractivity contribution is 5.91. The van der Waals surface area contributed by atoms with Crippen molar-refractivity contribution in [3.8, 4) is 0 Å². The van der Waals surface area contributed by atoms with Crippen LogP contribution in [-0.2, 0) is 25.7 Å². The molecule has 2 aliphatic heterocycles. The van der Waals surface area contributed by atoms with Gasteiger partial charge in [-0.2, -0.15) is 0 Å². The molecular weight excluding hydrogens is 430 g/mol. The molecular formula is C27H41N3O4. The van der Waals surface area contributed by atoms with E-state index in [1.165, 1.54) is 0 Å². The van der Waals surface area contributed by atoms with E-state index in [0.717, 1.165) is 31.2 Å². The van der Waals surface area contributed by atoms with E-state index in [0.29, 0.717) is 32.4 Å². The minimum atomic E-state index is -0.560. The van der Waals surface area contributed by atoms with Crippen molar-refractivity contribution in [1.29, 1.82) is 0 Å². The van der Waals surface area contributed by atoms with Crippen LogP contribution in [0.25, 0.3) is 0 Å². The lowest BCUT2D eigenvalue weighted by atomic mass is 9.81. The predicted molar refractivity (Wildman–Crippen MR) is 131 cm³/mol. The quantitative estimate of drug-likeness (QED) is 0.516. The summed E-state index contributed by atoms with van der Waals surface area (Å²) in [5.41, 5.74) is 6.79. The van der Waals surface area contributed by atoms with E-state index in [9.17, 15) is 14.4 Å². The number of primary amides is 1. The van der Waals surface area contributed by atoms with E-state index in [1.807, 2.05) is 56.0 Å². The molecule has 3 amide bonds. The number of amides is 3. The van der Waals surface area contributed by atoms with E-state index in [1.54, 1.807) is 0 Å². The molecule has 0 radical (unpaired) electrons. The normalized spacial score (nSPS) is 24.4. The molecule has 0 unspecified atom stereocenters. The smallest absolute Gasteiger partial charge is 0.245 e. The van der Waals surface area contributed by atoms with Crippen LogP contribution < -0.4 is 11.1 Å². The van der Waals surface area contributed by atoms with Gasteiger partial charge in [-0.15, -0.1) is 0 Å². The highest BCUT2D eigenvalue weighted by Gasteiger charge is 2.42. The van der Waals surface area contributed by atoms with Gasteiger partial charge in [-0.25, -0.2) is 0 Å². The Labute approximate surface area is 203 Å². The summed E-state index contributed by atoms with van der Waals surface area (Å²) in [6.45, 7) is 7.14. The van der Waals surface area contributed by atoms with Crippen LogP contribution in [0.15, 0.2) is 30.3 Å². The lowest BCUT2D eigenvalue weighted by Gasteiger charge is -2.29. The first-order chi connectivity index (χ1) is 16.3. The molecule has 2 aliphatic rings. The SMILES string of the molecule is CCC[C@H](C(N)=O)[C@H](CC(C)C)C(=O)N[C@H]1CCC[C@@H]2C[C@@H](OCc3ccccc3)CN2C1=O. The molecule has 34 heavy (non-hydrogen) atoms. The Morgan fingerprint density at radius 1 is 1.18 bits per heavy atom. The Kier molecular flexibility index (Phi) is 9.51. The number of nitrogens with one attached hydrogen (secondary N) is 1. The van der Waals surface area contributed by atoms with Gasteiger partial charge in [-0.3, -0.25) is 14.4 Å². The van der Waals surface area contributed by atoms with Crippen LogP contribution in [-0.4, -0.2) is 47.4 Å². The first-order valence-electron chi connectivity index (χ1n) is 12.9. The monoisotopic (exact) mass is 471 g/mol. The third kappa shape index (κ3) is 6.81. The Hall–Kier alpha value is -2.41. The lowest BCUT2D eigenvalue weighted by Crippen LogP contribution is -2.51. The van der Waals surface area contributed by atoms with Gasteiger partial charge in [-0.05, 0) is 50.0 Å². The number of hydrogen-bond acceptors (Lipinski definition) is 4. The predicted octanol–water partition coefficient (Wildman–Crippen LogP) is 3.41. The van der Waals surface area contributed by atoms with Crippen molar-refractivity contribution in [1.82, 2.24) is 10.2 Å². The molecule has 2 fully saturated rings. The van der Waals surface area contributed by atoms with Gasteiger partial charge in [0.15, 0.2) is 0 Å². The zero-order valence-corrected chi connectivity index (χ0v) is 20.9. The maximum Gasteiger partial charge on any atom is 0.245 e. The maximum atomic E-state index is 13.4. The van der Waals surface area contributed by atoms with Crippen molar-refractivity contribution in [3.05, 3.63) is 35.9 Å². The highest BCUT2D eigenvalue weighted by atomic mass is 16.5. The molecule has 0 saturated carbocycles. The first-order valence-corrected chi connectivity index (χ1v) is 12.9. The van der Waals surface area contributed by atoms with E-state index in [-0.39, 0.29) is 29.9 Å². The number of carbonyl (C=O) groups is 3. The lowest BCUT2D eigenvalue weighted by molar-refractivity contribution is -0.140. The van der Waals surface area contributed by atoms with Crippen LogP contribution in [0.2, 0.25) is 0 Å². The van der Waals surface area contributed by atoms with E-state index >= 15 is 0 Å². The molecule has 0 bridgehead atoms. The molecule has 1 aromatic rings. The Balaban J connectivity index is 1.64. The molecule has 0 aliphatic carbocycles. The summed E-state index contributed by atoms with van der Waals surface area (Å²) in [4.78, 5) is 40.8. The fraction of sp³-hybridized carbons (Fsp3) is 0.667. The van der Waals surface area contributed by atoms with Crippen molar-refractivity contribution in [3.63, 3.8) is 0 Å². The molecule has 3 N–H and O–H groups in total. The topological polar surface area (TPSA) is 102 Å². The summed E-state index contributed by atoms with van der Waals surface area (Å²) in [6.07, 6.45) is 5.16. The number of nitrogens with zero attached hydrogens (tertiary/aromatic N) is 1. The van der Waals surface area contributed by atoms with Crippen molar-refractivity contribution in [2.75, 3.05) is 6.54 Å². The molecule has 0 aromatic heterocycles. The van der Waals surface area contributed by atoms with E-state index < -0.39 is 23.8 Å². The summed E-state index contributed by atoms with van der Waals surface area (Å²) < 4.78 is 6.12. The Bertz CT molecular complexity index is 828. The molecule has 188 valence electrons. The van der Waals surface area contributed by atoms with Gasteiger partial charge in [0.1, 0.15) is 6.04 Å². The molecule has 2 saturated heterocycles. The van der Waals surface area contributed by atoms with Gasteiger partial charge in [0.25, 0.3) is 0 Å². The van der Waals surface area contributed by atoms with Crippen molar-refractivity contribution >= 4 is 17.7 Å². The summed E-state index contributed by atoms with van der Waals surface area (Å²) >= 11 is 0. The molecule has 0 spiro atoms. The Morgan fingerprint density at radius 2 is 1.91 bits per heavy atom. The van der Waals surface area contributed by atoms with Crippen LogP contribution in [0.3, 0.4) is 0 Å². The van der Waals surface area contributed by atoms with Crippen LogP contribution in [0.5, 0.6) is 0 Å². The molecule has 2 heterocycles. The number of fused-ring (bicyclic) bond motifs is 1. The summed E-state index contributed by atoms with van der Waals surface area (Å²) in [5.74, 6) is -1.47. The molecule has 1 aromatic carbocycles. The number of carbonyl (C=O) groups excluding carboxylic acids is 3. The fourth-order valence-electron chi connectivity index (χ4n) is 5.43. The number of ether oxygens (including phenoxy) is 1. The molecule has 7 heteroatoms. The summed E-state index contributed by atoms with van der Waals surface area (Å²) in [7, 11) is 0. The maximum absolute atomic E-state index is 13.4. The van der Waals surface area contributed by atoms with Gasteiger partial charge < -0.3 is 20.7 Å². The van der Waals surface area contributed by atoms with Crippen molar-refractivity contribution < 1.29 is 19.1 Å². The summed E-state index contributed by atoms with van der Waals surface area (Å²) in [5, 5.41) is 3.01. The van der Waals surface area contributed by atoms with Crippen LogP contribution in [0.4, 0.5) is 0 Å². The number of nitrogens with two attached hydrogens (primary N) is 1. The van der Waals surface area contributed by atoms with Crippen LogP contribution >= 0.6 is 0 Å². The summed E-state index contributed by atoms with van der Waals surface area (Å²) in [6, 6.07) is 9.64. The third-order valence-electron chi connectivity index (χ3n) is 7.15. The average Bonchev–Trinajstić information content (AvgIpc) is 3.16. The standard InChI is InChI=1S/C27H41N3O4/c1-4-9-22(25(28)31)23(14-18(2)3)26(32)29-24-13-8-12-20-15-21(16-30(20)27(24)33)34-17-19-10-6-5-7-11-19/h5-7,10-11,18,20-24H,4,8-9,12-17H2,1-3H3,(H2,28,31)(H,29,32)/t20-,21-,22+,23+,24+/m1/s1. The molecule has 3 rings (SSSR count). The largest absolute Gasteiger partial charge is 0.372 e. The van der Waals surface area contributed by atoms with Crippen molar-refractivity contribution in [2.45, 2.75) is 90.5 Å². The van der Waals surface area contributed by atoms with Crippen LogP contribution in [0, 0.1) is 17.8 Å². The van der Waals surface area contributed by atoms with Gasteiger partial charge in [0, 0.05) is 24.4 Å². The van der Waals surface area contributed by atoms with Gasteiger partial charge in [0.2, 0.25) is 17.7 Å². The molecule has 7 nitrogen and oxygen atoms in total. The second-order valence-electron chi connectivity index (χ2n) is 10.3. The number of hydrogen-bond donors (Lipinski definition) is 2. The van der Waals surface area contributed by atoms with Crippen LogP contribution in [0.1, 0.15) is 71.3 Å². The van der Waals surface area contributed by atoms with Gasteiger partial charge >= 0.3 is 0 Å². The van der Waals surface area contributed by atoms with Crippen molar-refractivity contribution in [2.24, 2.45) is 23.5 Å². The number of benzene rings is 1. The van der Waals surface area contributed by atoms with Gasteiger partial charge in [-0.1, -0.05) is 57.5 Å². The van der Waals surface area contributed by atoms with E-state index in [4.69, 9.17) is 10.5 Å². The average molecular weight is 472 g/mol. The first kappa shape index (κ1) is 26.2. The number of rotatable bonds is 11. The molecule has 5 atom stereocenters. The minimum absolute atomic E-state index is 0.00101.